The molecule has 2 heteroatoms. The van der Waals surface area contributed by atoms with Crippen LogP contribution < -0.4 is 0 Å². The van der Waals surface area contributed by atoms with Crippen molar-refractivity contribution in [2.75, 3.05) is 0 Å². The van der Waals surface area contributed by atoms with Gasteiger partial charge in [0.05, 0.1) is 0 Å². The van der Waals surface area contributed by atoms with E-state index < -0.39 is 5.97 Å². The molecule has 0 saturated heterocycles. The topological polar surface area (TPSA) is 37.3 Å². The van der Waals surface area contributed by atoms with Gasteiger partial charge in [0.15, 0.2) is 0 Å². The number of hydrogen-bond acceptors (Lipinski definition) is 1. The van der Waals surface area contributed by atoms with Crippen molar-refractivity contribution in [1.29, 1.82) is 0 Å². The Morgan fingerprint density at radius 1 is 1.04 bits per heavy atom. The zero-order valence-electron chi connectivity index (χ0n) is 18.2. The highest BCUT2D eigenvalue weighted by Crippen LogP contribution is 2.69. The number of rotatable bonds is 4. The Kier molecular flexibility index (Phi) is 5.17. The van der Waals surface area contributed by atoms with Crippen LogP contribution in [0, 0.1) is 52.3 Å². The van der Waals surface area contributed by atoms with E-state index >= 15 is 0 Å². The fourth-order valence-electron chi connectivity index (χ4n) is 9.44. The number of fused-ring (bicyclic) bond motifs is 5. The van der Waals surface area contributed by atoms with Gasteiger partial charge in [0, 0.05) is 6.42 Å². The maximum absolute atomic E-state index is 11.1. The fraction of sp³-hybridized carbons (Fsp3) is 0.960. The maximum Gasteiger partial charge on any atom is 0.303 e. The van der Waals surface area contributed by atoms with Crippen LogP contribution >= 0.6 is 0 Å². The third kappa shape index (κ3) is 3.08. The monoisotopic (exact) mass is 374 g/mol. The molecule has 1 N–H and O–H groups in total. The van der Waals surface area contributed by atoms with E-state index in [1.165, 1.54) is 57.8 Å². The van der Waals surface area contributed by atoms with Crippen LogP contribution in [0.2, 0.25) is 0 Å². The molecule has 0 aromatic rings. The highest BCUT2D eigenvalue weighted by molar-refractivity contribution is 5.66. The molecular formula is C25H42O2. The van der Waals surface area contributed by atoms with Crippen molar-refractivity contribution in [3.63, 3.8) is 0 Å². The van der Waals surface area contributed by atoms with E-state index in [-0.39, 0.29) is 0 Å². The van der Waals surface area contributed by atoms with Gasteiger partial charge in [-0.1, -0.05) is 40.5 Å². The van der Waals surface area contributed by atoms with Crippen LogP contribution in [-0.2, 0) is 4.79 Å². The van der Waals surface area contributed by atoms with Crippen molar-refractivity contribution >= 4 is 5.97 Å². The van der Waals surface area contributed by atoms with E-state index in [9.17, 15) is 4.79 Å². The molecule has 0 aromatic carbocycles. The van der Waals surface area contributed by atoms with Crippen LogP contribution in [0.5, 0.6) is 0 Å². The minimum atomic E-state index is -0.624. The molecule has 154 valence electrons. The van der Waals surface area contributed by atoms with Crippen LogP contribution in [0.3, 0.4) is 0 Å². The quantitative estimate of drug-likeness (QED) is 0.588. The molecule has 0 aliphatic heterocycles. The average molecular weight is 375 g/mol. The van der Waals surface area contributed by atoms with Crippen molar-refractivity contribution in [2.45, 2.75) is 98.3 Å². The Bertz CT molecular complexity index is 571. The number of hydrogen-bond donors (Lipinski definition) is 1. The van der Waals surface area contributed by atoms with E-state index in [4.69, 9.17) is 5.11 Å². The summed E-state index contributed by atoms with van der Waals surface area (Å²) in [6, 6.07) is 0. The first-order valence-electron chi connectivity index (χ1n) is 12.0. The lowest BCUT2D eigenvalue weighted by atomic mass is 9.44. The molecule has 0 radical (unpaired) electrons. The third-order valence-electron chi connectivity index (χ3n) is 10.4. The van der Waals surface area contributed by atoms with E-state index in [1.807, 2.05) is 0 Å². The second kappa shape index (κ2) is 7.06. The molecule has 4 saturated carbocycles. The zero-order valence-corrected chi connectivity index (χ0v) is 18.2. The summed E-state index contributed by atoms with van der Waals surface area (Å²) in [6.45, 7) is 10.1. The Hall–Kier alpha value is -0.530. The third-order valence-corrected chi connectivity index (χ3v) is 10.4. The maximum atomic E-state index is 11.1. The van der Waals surface area contributed by atoms with Gasteiger partial charge >= 0.3 is 5.97 Å². The lowest BCUT2D eigenvalue weighted by molar-refractivity contribution is -0.137. The summed E-state index contributed by atoms with van der Waals surface area (Å²) in [4.78, 5) is 11.1. The molecule has 27 heavy (non-hydrogen) atoms. The number of carboxylic acids is 1. The van der Waals surface area contributed by atoms with Gasteiger partial charge in [0.25, 0.3) is 0 Å². The summed E-state index contributed by atoms with van der Waals surface area (Å²) < 4.78 is 0. The Morgan fingerprint density at radius 3 is 2.56 bits per heavy atom. The van der Waals surface area contributed by atoms with Crippen molar-refractivity contribution in [3.05, 3.63) is 0 Å². The van der Waals surface area contributed by atoms with Crippen LogP contribution in [0.25, 0.3) is 0 Å². The molecule has 9 atom stereocenters. The predicted octanol–water partition coefficient (Wildman–Crippen LogP) is 6.78. The Balaban J connectivity index is 1.56. The minimum Gasteiger partial charge on any atom is -0.481 e. The first-order valence-corrected chi connectivity index (χ1v) is 12.0. The van der Waals surface area contributed by atoms with E-state index in [0.717, 1.165) is 41.9 Å². The van der Waals surface area contributed by atoms with Gasteiger partial charge in [-0.2, -0.15) is 0 Å². The molecule has 4 rings (SSSR count). The van der Waals surface area contributed by atoms with Crippen molar-refractivity contribution in [2.24, 2.45) is 52.3 Å². The van der Waals surface area contributed by atoms with Crippen LogP contribution in [0.15, 0.2) is 0 Å². The number of aliphatic carboxylic acids is 1. The molecular weight excluding hydrogens is 332 g/mol. The van der Waals surface area contributed by atoms with Gasteiger partial charge in [-0.15, -0.1) is 0 Å². The molecule has 0 bridgehead atoms. The van der Waals surface area contributed by atoms with E-state index in [0.29, 0.717) is 23.2 Å². The largest absolute Gasteiger partial charge is 0.481 e. The smallest absolute Gasteiger partial charge is 0.303 e. The standard InChI is InChI=1S/C25H42O2/c1-16(8-11-22(26)27)23-17(2)15-21-19-10-9-18-7-5-6-13-24(18,3)20(19)12-14-25(21,23)4/h16-21,23H,5-15H2,1-4H3,(H,26,27)/t16-,17?,18?,19-,20+,21+,23+,24+,25+/m1/s1. The summed E-state index contributed by atoms with van der Waals surface area (Å²) in [5.41, 5.74) is 1.08. The van der Waals surface area contributed by atoms with Crippen LogP contribution in [0.1, 0.15) is 98.3 Å². The molecule has 0 aromatic heterocycles. The van der Waals surface area contributed by atoms with Crippen molar-refractivity contribution < 1.29 is 9.90 Å². The fourth-order valence-corrected chi connectivity index (χ4v) is 9.44. The second-order valence-corrected chi connectivity index (χ2v) is 11.6. The lowest BCUT2D eigenvalue weighted by Gasteiger charge is -2.61. The number of carbonyl (C=O) groups is 1. The molecule has 0 heterocycles. The summed E-state index contributed by atoms with van der Waals surface area (Å²) in [5.74, 6) is 5.21. The minimum absolute atomic E-state index is 0.344. The molecule has 4 fully saturated rings. The van der Waals surface area contributed by atoms with Gasteiger partial charge in [0.1, 0.15) is 0 Å². The van der Waals surface area contributed by atoms with E-state index in [1.54, 1.807) is 0 Å². The molecule has 0 spiro atoms. The molecule has 0 amide bonds. The lowest BCUT2D eigenvalue weighted by Crippen LogP contribution is -2.53. The zero-order chi connectivity index (χ0) is 19.4. The van der Waals surface area contributed by atoms with Crippen LogP contribution in [0.4, 0.5) is 0 Å². The summed E-state index contributed by atoms with van der Waals surface area (Å²) in [7, 11) is 0. The summed E-state index contributed by atoms with van der Waals surface area (Å²) in [5, 5.41) is 9.16. The molecule has 4 aliphatic rings. The molecule has 2 unspecified atom stereocenters. The van der Waals surface area contributed by atoms with E-state index in [2.05, 4.69) is 27.7 Å². The first kappa shape index (κ1) is 19.8. The highest BCUT2D eigenvalue weighted by Gasteiger charge is 2.61. The predicted molar refractivity (Wildman–Crippen MR) is 110 cm³/mol. The van der Waals surface area contributed by atoms with Gasteiger partial charge in [-0.3, -0.25) is 4.79 Å². The number of carboxylic acid groups (broad SMARTS) is 1. The van der Waals surface area contributed by atoms with Gasteiger partial charge in [0.2, 0.25) is 0 Å². The SMILES string of the molecule is CC1C[C@H]2[C@@H]3CCC4CCCC[C@]4(C)[C@H]3CC[C@]2(C)[C@H]1[C@H](C)CCC(=O)O. The van der Waals surface area contributed by atoms with Gasteiger partial charge < -0.3 is 5.11 Å². The Morgan fingerprint density at radius 2 is 1.81 bits per heavy atom. The molecule has 4 aliphatic carbocycles. The second-order valence-electron chi connectivity index (χ2n) is 11.6. The summed E-state index contributed by atoms with van der Waals surface area (Å²) in [6.07, 6.45) is 14.3. The van der Waals surface area contributed by atoms with Crippen molar-refractivity contribution in [1.82, 2.24) is 0 Å². The Labute approximate surface area is 166 Å². The first-order chi connectivity index (χ1) is 12.8. The van der Waals surface area contributed by atoms with Crippen molar-refractivity contribution in [3.8, 4) is 0 Å². The normalized spacial score (nSPS) is 50.4. The van der Waals surface area contributed by atoms with Gasteiger partial charge in [-0.25, -0.2) is 0 Å². The molecule has 2 nitrogen and oxygen atoms in total. The summed E-state index contributed by atoms with van der Waals surface area (Å²) >= 11 is 0. The van der Waals surface area contributed by atoms with Crippen LogP contribution in [-0.4, -0.2) is 11.1 Å². The highest BCUT2D eigenvalue weighted by atomic mass is 16.4. The average Bonchev–Trinajstić information content (AvgIpc) is 2.89. The van der Waals surface area contributed by atoms with Gasteiger partial charge in [-0.05, 0) is 104 Å².